The van der Waals surface area contributed by atoms with Gasteiger partial charge in [-0.25, -0.2) is 4.79 Å². The first-order valence-electron chi connectivity index (χ1n) is 8.88. The maximum absolute atomic E-state index is 12.8. The molecule has 0 aliphatic heterocycles. The van der Waals surface area contributed by atoms with Crippen molar-refractivity contribution >= 4 is 28.5 Å². The third-order valence-corrected chi connectivity index (χ3v) is 4.60. The molecule has 1 aliphatic rings. The van der Waals surface area contributed by atoms with Gasteiger partial charge in [0.1, 0.15) is 11.3 Å². The van der Waals surface area contributed by atoms with Gasteiger partial charge < -0.3 is 20.6 Å². The van der Waals surface area contributed by atoms with Crippen LogP contribution in [0.2, 0.25) is 0 Å². The molecule has 8 nitrogen and oxygen atoms in total. The summed E-state index contributed by atoms with van der Waals surface area (Å²) in [4.78, 5) is 17.1. The average Bonchev–Trinajstić information content (AvgIpc) is 3.04. The number of rotatable bonds is 3. The van der Waals surface area contributed by atoms with E-state index in [2.05, 4.69) is 15.2 Å². The third kappa shape index (κ3) is 3.20. The molecule has 28 heavy (non-hydrogen) atoms. The number of furan rings is 1. The number of hydrogen-bond acceptors (Lipinski definition) is 6. The SMILES string of the molecule is Cc1c(C(=O)Oc2cccc3cccnc23)oc2c1/C(=N/N=C(N)N)CCC2. The van der Waals surface area contributed by atoms with Gasteiger partial charge in [-0.1, -0.05) is 18.2 Å². The van der Waals surface area contributed by atoms with E-state index < -0.39 is 5.97 Å². The number of pyridine rings is 1. The van der Waals surface area contributed by atoms with E-state index in [1.54, 1.807) is 19.2 Å². The Kier molecular flexibility index (Phi) is 4.52. The molecule has 0 fully saturated rings. The summed E-state index contributed by atoms with van der Waals surface area (Å²) in [6, 6.07) is 9.16. The van der Waals surface area contributed by atoms with Gasteiger partial charge in [0, 0.05) is 29.1 Å². The van der Waals surface area contributed by atoms with Crippen molar-refractivity contribution in [2.45, 2.75) is 26.2 Å². The summed E-state index contributed by atoms with van der Waals surface area (Å²) in [5, 5.41) is 8.74. The van der Waals surface area contributed by atoms with E-state index in [1.807, 2.05) is 24.3 Å². The average molecular weight is 377 g/mol. The molecule has 4 rings (SSSR count). The van der Waals surface area contributed by atoms with Crippen molar-refractivity contribution < 1.29 is 13.9 Å². The molecule has 0 atom stereocenters. The van der Waals surface area contributed by atoms with E-state index in [9.17, 15) is 4.79 Å². The van der Waals surface area contributed by atoms with Gasteiger partial charge in [0.15, 0.2) is 5.75 Å². The summed E-state index contributed by atoms with van der Waals surface area (Å²) >= 11 is 0. The van der Waals surface area contributed by atoms with E-state index in [0.29, 0.717) is 41.1 Å². The highest BCUT2D eigenvalue weighted by Crippen LogP contribution is 2.31. The molecule has 0 radical (unpaired) electrons. The van der Waals surface area contributed by atoms with Crippen LogP contribution >= 0.6 is 0 Å². The van der Waals surface area contributed by atoms with Gasteiger partial charge in [-0.2, -0.15) is 5.10 Å². The summed E-state index contributed by atoms with van der Waals surface area (Å²) < 4.78 is 11.4. The second-order valence-electron chi connectivity index (χ2n) is 6.50. The number of nitrogens with zero attached hydrogens (tertiary/aromatic N) is 3. The lowest BCUT2D eigenvalue weighted by Gasteiger charge is -2.11. The highest BCUT2D eigenvalue weighted by Gasteiger charge is 2.29. The standard InChI is InChI=1S/C20H19N5O3/c1-11-16-13(24-25-20(21)22)7-3-8-14(16)27-18(11)19(26)28-15-9-2-5-12-6-4-10-23-17(12)15/h2,4-6,9-10H,3,7-8H2,1H3,(H4,21,22,25)/b24-13+. The van der Waals surface area contributed by atoms with E-state index in [1.165, 1.54) is 0 Å². The highest BCUT2D eigenvalue weighted by molar-refractivity contribution is 6.06. The van der Waals surface area contributed by atoms with Gasteiger partial charge >= 0.3 is 5.97 Å². The molecule has 8 heteroatoms. The Morgan fingerprint density at radius 2 is 2.04 bits per heavy atom. The van der Waals surface area contributed by atoms with Crippen LogP contribution in [0.15, 0.2) is 51.1 Å². The zero-order valence-corrected chi connectivity index (χ0v) is 15.3. The number of nitrogens with two attached hydrogens (primary N) is 2. The predicted molar refractivity (Wildman–Crippen MR) is 105 cm³/mol. The molecule has 0 bridgehead atoms. The van der Waals surface area contributed by atoms with Crippen LogP contribution in [0, 0.1) is 6.92 Å². The lowest BCUT2D eigenvalue weighted by Crippen LogP contribution is -2.22. The Morgan fingerprint density at radius 3 is 2.86 bits per heavy atom. The van der Waals surface area contributed by atoms with E-state index in [0.717, 1.165) is 17.4 Å². The van der Waals surface area contributed by atoms with Gasteiger partial charge in [0.2, 0.25) is 11.7 Å². The summed E-state index contributed by atoms with van der Waals surface area (Å²) in [5.74, 6) is 0.523. The molecule has 0 spiro atoms. The third-order valence-electron chi connectivity index (χ3n) is 4.60. The molecule has 1 aliphatic carbocycles. The lowest BCUT2D eigenvalue weighted by atomic mass is 9.93. The van der Waals surface area contributed by atoms with Crippen molar-refractivity contribution in [2.75, 3.05) is 0 Å². The van der Waals surface area contributed by atoms with E-state index >= 15 is 0 Å². The molecular formula is C20H19N5O3. The Hall–Kier alpha value is -3.68. The number of aryl methyl sites for hydroxylation is 1. The molecule has 3 aromatic rings. The summed E-state index contributed by atoms with van der Waals surface area (Å²) in [7, 11) is 0. The zero-order chi connectivity index (χ0) is 19.7. The summed E-state index contributed by atoms with van der Waals surface area (Å²) in [6.45, 7) is 1.80. The fourth-order valence-electron chi connectivity index (χ4n) is 3.39. The highest BCUT2D eigenvalue weighted by atomic mass is 16.5. The Labute approximate surface area is 160 Å². The number of fused-ring (bicyclic) bond motifs is 2. The fraction of sp³-hybridized carbons (Fsp3) is 0.200. The number of aromatic nitrogens is 1. The summed E-state index contributed by atoms with van der Waals surface area (Å²) in [5.41, 5.74) is 13.5. The molecular weight excluding hydrogens is 358 g/mol. The quantitative estimate of drug-likeness (QED) is 0.237. The Balaban J connectivity index is 1.70. The first kappa shape index (κ1) is 17.7. The molecule has 4 N–H and O–H groups in total. The Bertz CT molecular complexity index is 1120. The number of benzene rings is 1. The minimum Gasteiger partial charge on any atom is -0.453 e. The van der Waals surface area contributed by atoms with Crippen LogP contribution in [-0.4, -0.2) is 22.6 Å². The molecule has 1 aromatic carbocycles. The van der Waals surface area contributed by atoms with Gasteiger partial charge in [-0.15, -0.1) is 5.10 Å². The van der Waals surface area contributed by atoms with E-state index in [4.69, 9.17) is 20.6 Å². The number of ether oxygens (including phenoxy) is 1. The number of guanidine groups is 1. The van der Waals surface area contributed by atoms with Crippen LogP contribution in [0.5, 0.6) is 5.75 Å². The molecule has 2 heterocycles. The molecule has 0 saturated carbocycles. The Morgan fingerprint density at radius 1 is 1.21 bits per heavy atom. The van der Waals surface area contributed by atoms with Crippen LogP contribution in [0.3, 0.4) is 0 Å². The van der Waals surface area contributed by atoms with Crippen molar-refractivity contribution in [3.05, 3.63) is 59.2 Å². The number of carbonyl (C=O) groups is 1. The van der Waals surface area contributed by atoms with Crippen molar-refractivity contribution in [1.82, 2.24) is 4.98 Å². The van der Waals surface area contributed by atoms with E-state index in [-0.39, 0.29) is 11.7 Å². The maximum atomic E-state index is 12.8. The predicted octanol–water partition coefficient (Wildman–Crippen LogP) is 2.67. The van der Waals surface area contributed by atoms with Crippen molar-refractivity contribution in [2.24, 2.45) is 21.7 Å². The first-order valence-corrected chi connectivity index (χ1v) is 8.88. The van der Waals surface area contributed by atoms with Gasteiger partial charge in [-0.05, 0) is 31.9 Å². The van der Waals surface area contributed by atoms with Crippen molar-refractivity contribution in [3.63, 3.8) is 0 Å². The number of para-hydroxylation sites is 1. The topological polar surface area (TPSA) is 129 Å². The molecule has 0 saturated heterocycles. The minimum atomic E-state index is -0.578. The van der Waals surface area contributed by atoms with Gasteiger partial charge in [-0.3, -0.25) is 4.98 Å². The number of esters is 1. The zero-order valence-electron chi connectivity index (χ0n) is 15.3. The van der Waals surface area contributed by atoms with Crippen LogP contribution in [0.25, 0.3) is 10.9 Å². The fourth-order valence-corrected chi connectivity index (χ4v) is 3.39. The van der Waals surface area contributed by atoms with Crippen molar-refractivity contribution in [3.8, 4) is 5.75 Å². The second-order valence-corrected chi connectivity index (χ2v) is 6.50. The van der Waals surface area contributed by atoms with Crippen molar-refractivity contribution in [1.29, 1.82) is 0 Å². The summed E-state index contributed by atoms with van der Waals surface area (Å²) in [6.07, 6.45) is 3.90. The van der Waals surface area contributed by atoms with Crippen LogP contribution in [-0.2, 0) is 6.42 Å². The normalized spacial score (nSPS) is 14.7. The number of hydrogen-bond donors (Lipinski definition) is 2. The smallest absolute Gasteiger partial charge is 0.380 e. The first-order chi connectivity index (χ1) is 13.5. The molecule has 0 amide bonds. The minimum absolute atomic E-state index is 0.121. The lowest BCUT2D eigenvalue weighted by molar-refractivity contribution is 0.0700. The molecule has 2 aromatic heterocycles. The second kappa shape index (κ2) is 7.15. The largest absolute Gasteiger partial charge is 0.453 e. The number of carbonyl (C=O) groups excluding carboxylic acids is 1. The van der Waals surface area contributed by atoms with Crippen LogP contribution in [0.1, 0.15) is 40.3 Å². The monoisotopic (exact) mass is 377 g/mol. The molecule has 0 unspecified atom stereocenters. The molecule has 142 valence electrons. The van der Waals surface area contributed by atoms with Crippen LogP contribution in [0.4, 0.5) is 0 Å². The van der Waals surface area contributed by atoms with Gasteiger partial charge in [0.25, 0.3) is 0 Å². The maximum Gasteiger partial charge on any atom is 0.380 e. The van der Waals surface area contributed by atoms with Crippen LogP contribution < -0.4 is 16.2 Å². The van der Waals surface area contributed by atoms with Gasteiger partial charge in [0.05, 0.1) is 5.71 Å².